The van der Waals surface area contributed by atoms with Gasteiger partial charge in [0, 0.05) is 18.8 Å². The highest BCUT2D eigenvalue weighted by Gasteiger charge is 2.21. The number of anilines is 1. The molecule has 1 heterocycles. The van der Waals surface area contributed by atoms with E-state index in [-0.39, 0.29) is 0 Å². The second-order valence-corrected chi connectivity index (χ2v) is 5.75. The summed E-state index contributed by atoms with van der Waals surface area (Å²) in [6, 6.07) is 16.6. The Morgan fingerprint density at radius 1 is 1.18 bits per heavy atom. The fraction of sp³-hybridized carbons (Fsp3) is 0.278. The van der Waals surface area contributed by atoms with Crippen LogP contribution in [0.15, 0.2) is 48.5 Å². The Balaban J connectivity index is 1.52. The molecule has 0 aromatic heterocycles. The Labute approximate surface area is 136 Å². The zero-order valence-electron chi connectivity index (χ0n) is 12.7. The Morgan fingerprint density at radius 3 is 2.73 bits per heavy atom. The van der Waals surface area contributed by atoms with E-state index in [4.69, 9.17) is 17.0 Å². The molecule has 0 fully saturated rings. The summed E-state index contributed by atoms with van der Waals surface area (Å²) in [5, 5.41) is 4.19. The van der Waals surface area contributed by atoms with Crippen LogP contribution in [0.5, 0.6) is 5.75 Å². The normalized spacial score (nSPS) is 12.9. The molecule has 0 amide bonds. The molecule has 114 valence electrons. The lowest BCUT2D eigenvalue weighted by atomic mass is 10.1. The van der Waals surface area contributed by atoms with Gasteiger partial charge in [0.15, 0.2) is 5.11 Å². The number of nitrogens with one attached hydrogen (secondary N) is 1. The molecule has 1 N–H and O–H groups in total. The number of hydrogen-bond acceptors (Lipinski definition) is 2. The molecule has 2 aromatic carbocycles. The summed E-state index contributed by atoms with van der Waals surface area (Å²) in [6.45, 7) is 1.80. The van der Waals surface area contributed by atoms with Gasteiger partial charge in [-0.05, 0) is 54.4 Å². The monoisotopic (exact) mass is 312 g/mol. The van der Waals surface area contributed by atoms with Crippen molar-refractivity contribution in [1.29, 1.82) is 0 Å². The molecule has 22 heavy (non-hydrogen) atoms. The zero-order valence-corrected chi connectivity index (χ0v) is 13.5. The predicted molar refractivity (Wildman–Crippen MR) is 94.8 cm³/mol. The van der Waals surface area contributed by atoms with E-state index in [0.717, 1.165) is 36.8 Å². The maximum atomic E-state index is 5.54. The fourth-order valence-electron chi connectivity index (χ4n) is 2.75. The van der Waals surface area contributed by atoms with Crippen molar-refractivity contribution in [3.63, 3.8) is 0 Å². The highest BCUT2D eigenvalue weighted by molar-refractivity contribution is 7.80. The van der Waals surface area contributed by atoms with Gasteiger partial charge in [0.05, 0.1) is 7.11 Å². The summed E-state index contributed by atoms with van der Waals surface area (Å²) in [6.07, 6.45) is 2.01. The minimum absolute atomic E-state index is 0.818. The van der Waals surface area contributed by atoms with Crippen LogP contribution >= 0.6 is 12.2 Å². The van der Waals surface area contributed by atoms with Crippen LogP contribution < -0.4 is 15.0 Å². The molecule has 3 rings (SSSR count). The third-order valence-corrected chi connectivity index (χ3v) is 4.35. The molecule has 0 spiro atoms. The van der Waals surface area contributed by atoms with Crippen molar-refractivity contribution < 1.29 is 4.74 Å². The maximum Gasteiger partial charge on any atom is 0.173 e. The van der Waals surface area contributed by atoms with Crippen molar-refractivity contribution in [3.8, 4) is 5.75 Å². The molecule has 3 nitrogen and oxygen atoms in total. The van der Waals surface area contributed by atoms with Crippen molar-refractivity contribution in [3.05, 3.63) is 59.7 Å². The molecule has 0 saturated heterocycles. The van der Waals surface area contributed by atoms with E-state index >= 15 is 0 Å². The smallest absolute Gasteiger partial charge is 0.173 e. The van der Waals surface area contributed by atoms with Crippen molar-refractivity contribution in [2.75, 3.05) is 25.1 Å². The second-order valence-electron chi connectivity index (χ2n) is 5.36. The van der Waals surface area contributed by atoms with Gasteiger partial charge in [-0.25, -0.2) is 0 Å². The first-order valence-electron chi connectivity index (χ1n) is 7.54. The first kappa shape index (κ1) is 14.9. The van der Waals surface area contributed by atoms with Crippen LogP contribution in [0, 0.1) is 0 Å². The van der Waals surface area contributed by atoms with E-state index in [9.17, 15) is 0 Å². The van der Waals surface area contributed by atoms with Crippen LogP contribution in [-0.4, -0.2) is 25.3 Å². The number of fused-ring (bicyclic) bond motifs is 1. The number of nitrogens with zero attached hydrogens (tertiary/aromatic N) is 1. The molecule has 2 aromatic rings. The number of para-hydroxylation sites is 1. The van der Waals surface area contributed by atoms with Gasteiger partial charge in [0.1, 0.15) is 5.75 Å². The van der Waals surface area contributed by atoms with Gasteiger partial charge < -0.3 is 15.0 Å². The maximum absolute atomic E-state index is 5.54. The van der Waals surface area contributed by atoms with Gasteiger partial charge in [0.2, 0.25) is 0 Å². The summed E-state index contributed by atoms with van der Waals surface area (Å²) in [5.41, 5.74) is 3.89. The van der Waals surface area contributed by atoms with E-state index < -0.39 is 0 Å². The molecule has 0 radical (unpaired) electrons. The predicted octanol–water partition coefficient (Wildman–Crippen LogP) is 3.17. The average Bonchev–Trinajstić information content (AvgIpc) is 2.99. The molecule has 1 aliphatic heterocycles. The Hall–Kier alpha value is -2.07. The SMILES string of the molecule is COc1ccc(CCNC(=S)N2CCc3ccccc32)cc1. The fourth-order valence-corrected chi connectivity index (χ4v) is 3.04. The number of ether oxygens (including phenoxy) is 1. The number of benzene rings is 2. The van der Waals surface area contributed by atoms with Crippen LogP contribution in [0.3, 0.4) is 0 Å². The Kier molecular flexibility index (Phi) is 4.59. The highest BCUT2D eigenvalue weighted by Crippen LogP contribution is 2.27. The van der Waals surface area contributed by atoms with Crippen molar-refractivity contribution >= 4 is 23.0 Å². The van der Waals surface area contributed by atoms with Crippen molar-refractivity contribution in [2.45, 2.75) is 12.8 Å². The molecule has 0 unspecified atom stereocenters. The lowest BCUT2D eigenvalue weighted by Crippen LogP contribution is -2.39. The van der Waals surface area contributed by atoms with Gasteiger partial charge in [-0.1, -0.05) is 30.3 Å². The Morgan fingerprint density at radius 2 is 1.95 bits per heavy atom. The molecular formula is C18H20N2OS. The van der Waals surface area contributed by atoms with E-state index in [1.165, 1.54) is 16.8 Å². The molecule has 4 heteroatoms. The molecular weight excluding hydrogens is 292 g/mol. The number of hydrogen-bond donors (Lipinski definition) is 1. The third-order valence-electron chi connectivity index (χ3n) is 3.98. The molecule has 0 saturated carbocycles. The molecule has 0 bridgehead atoms. The van der Waals surface area contributed by atoms with Gasteiger partial charge in [-0.3, -0.25) is 0 Å². The summed E-state index contributed by atoms with van der Waals surface area (Å²) >= 11 is 5.54. The van der Waals surface area contributed by atoms with Crippen LogP contribution in [-0.2, 0) is 12.8 Å². The molecule has 0 aliphatic carbocycles. The largest absolute Gasteiger partial charge is 0.497 e. The first-order chi connectivity index (χ1) is 10.8. The van der Waals surface area contributed by atoms with Crippen LogP contribution in [0.1, 0.15) is 11.1 Å². The van der Waals surface area contributed by atoms with Crippen LogP contribution in [0.2, 0.25) is 0 Å². The topological polar surface area (TPSA) is 24.5 Å². The average molecular weight is 312 g/mol. The van der Waals surface area contributed by atoms with E-state index in [2.05, 4.69) is 46.6 Å². The van der Waals surface area contributed by atoms with E-state index in [1.54, 1.807) is 7.11 Å². The van der Waals surface area contributed by atoms with Gasteiger partial charge in [-0.15, -0.1) is 0 Å². The summed E-state index contributed by atoms with van der Waals surface area (Å²) in [7, 11) is 1.68. The zero-order chi connectivity index (χ0) is 15.4. The van der Waals surface area contributed by atoms with Crippen molar-refractivity contribution in [1.82, 2.24) is 5.32 Å². The summed E-state index contributed by atoms with van der Waals surface area (Å²) in [5.74, 6) is 0.890. The minimum atomic E-state index is 0.818. The number of methoxy groups -OCH3 is 1. The second kappa shape index (κ2) is 6.79. The van der Waals surface area contributed by atoms with E-state index in [1.807, 2.05) is 12.1 Å². The van der Waals surface area contributed by atoms with Crippen LogP contribution in [0.25, 0.3) is 0 Å². The minimum Gasteiger partial charge on any atom is -0.497 e. The van der Waals surface area contributed by atoms with E-state index in [0.29, 0.717) is 0 Å². The third kappa shape index (κ3) is 3.22. The summed E-state index contributed by atoms with van der Waals surface area (Å²) < 4.78 is 5.17. The highest BCUT2D eigenvalue weighted by atomic mass is 32.1. The number of thiocarbonyl (C=S) groups is 1. The van der Waals surface area contributed by atoms with Gasteiger partial charge in [0.25, 0.3) is 0 Å². The Bertz CT molecular complexity index is 654. The lowest BCUT2D eigenvalue weighted by molar-refractivity contribution is 0.414. The standard InChI is InChI=1S/C18H20N2OS/c1-21-16-8-6-14(7-9-16)10-12-19-18(22)20-13-11-15-4-2-3-5-17(15)20/h2-9H,10-13H2,1H3,(H,19,22). The molecule has 0 atom stereocenters. The summed E-state index contributed by atoms with van der Waals surface area (Å²) in [4.78, 5) is 2.19. The quantitative estimate of drug-likeness (QED) is 0.877. The molecule has 1 aliphatic rings. The van der Waals surface area contributed by atoms with Crippen LogP contribution in [0.4, 0.5) is 5.69 Å². The number of rotatable bonds is 4. The van der Waals surface area contributed by atoms with Gasteiger partial charge >= 0.3 is 0 Å². The van der Waals surface area contributed by atoms with Gasteiger partial charge in [-0.2, -0.15) is 0 Å². The van der Waals surface area contributed by atoms with Crippen molar-refractivity contribution in [2.24, 2.45) is 0 Å². The first-order valence-corrected chi connectivity index (χ1v) is 7.95. The lowest BCUT2D eigenvalue weighted by Gasteiger charge is -2.21.